The van der Waals surface area contributed by atoms with Crippen molar-refractivity contribution in [3.63, 3.8) is 0 Å². The monoisotopic (exact) mass is 205 g/mol. The van der Waals surface area contributed by atoms with E-state index in [0.717, 1.165) is 0 Å². The van der Waals surface area contributed by atoms with Gasteiger partial charge in [0.1, 0.15) is 0 Å². The van der Waals surface area contributed by atoms with Gasteiger partial charge in [0.05, 0.1) is 0 Å². The molecule has 0 aromatic heterocycles. The highest BCUT2D eigenvalue weighted by Gasteiger charge is 2.09. The van der Waals surface area contributed by atoms with Crippen LogP contribution in [0.1, 0.15) is 49.9 Å². The summed E-state index contributed by atoms with van der Waals surface area (Å²) >= 11 is 0. The third-order valence-electron chi connectivity index (χ3n) is 3.04. The van der Waals surface area contributed by atoms with Gasteiger partial charge in [-0.2, -0.15) is 0 Å². The fourth-order valence-corrected chi connectivity index (χ4v) is 1.95. The maximum atomic E-state index is 3.61. The molecule has 0 amide bonds. The summed E-state index contributed by atoms with van der Waals surface area (Å²) in [7, 11) is 0. The van der Waals surface area contributed by atoms with Crippen molar-refractivity contribution in [3.05, 3.63) is 34.9 Å². The molecule has 0 bridgehead atoms. The van der Waals surface area contributed by atoms with E-state index >= 15 is 0 Å². The maximum Gasteiger partial charge on any atom is 0.0296 e. The van der Waals surface area contributed by atoms with Crippen LogP contribution in [0.2, 0.25) is 0 Å². The molecule has 2 atom stereocenters. The van der Waals surface area contributed by atoms with Crippen LogP contribution in [0, 0.1) is 13.8 Å². The van der Waals surface area contributed by atoms with Gasteiger partial charge in [0.25, 0.3) is 0 Å². The third kappa shape index (κ3) is 3.35. The molecule has 1 rings (SSSR count). The van der Waals surface area contributed by atoms with Crippen LogP contribution in [-0.4, -0.2) is 6.04 Å². The van der Waals surface area contributed by atoms with E-state index in [1.807, 2.05) is 0 Å². The molecule has 0 radical (unpaired) electrons. The lowest BCUT2D eigenvalue weighted by Crippen LogP contribution is -2.28. The molecule has 0 unspecified atom stereocenters. The summed E-state index contributed by atoms with van der Waals surface area (Å²) in [6, 6.07) is 7.72. The van der Waals surface area contributed by atoms with Gasteiger partial charge < -0.3 is 5.32 Å². The largest absolute Gasteiger partial charge is 0.308 e. The molecule has 0 aliphatic carbocycles. The molecule has 0 fully saturated rings. The zero-order chi connectivity index (χ0) is 11.4. The lowest BCUT2D eigenvalue weighted by Gasteiger charge is -2.21. The minimum atomic E-state index is 0.445. The number of rotatable bonds is 4. The first-order valence-corrected chi connectivity index (χ1v) is 5.87. The van der Waals surface area contributed by atoms with Crippen LogP contribution in [-0.2, 0) is 0 Å². The first kappa shape index (κ1) is 12.3. The topological polar surface area (TPSA) is 12.0 Å². The highest BCUT2D eigenvalue weighted by Crippen LogP contribution is 2.19. The molecule has 1 heteroatoms. The molecular formula is C14H23N. The van der Waals surface area contributed by atoms with E-state index in [1.54, 1.807) is 0 Å². The Balaban J connectivity index is 2.77. The number of hydrogen-bond acceptors (Lipinski definition) is 1. The van der Waals surface area contributed by atoms with E-state index in [2.05, 4.69) is 58.1 Å². The standard InChI is InChI=1S/C14H23N/c1-6-12(4)15-13(5)14-8-7-10(2)9-11(14)3/h7-9,12-13,15H,6H2,1-5H3/t12-,13+/m1/s1. The minimum Gasteiger partial charge on any atom is -0.308 e. The molecule has 1 N–H and O–H groups in total. The van der Waals surface area contributed by atoms with Crippen molar-refractivity contribution in [2.24, 2.45) is 0 Å². The normalized spacial score (nSPS) is 15.0. The van der Waals surface area contributed by atoms with Crippen molar-refractivity contribution < 1.29 is 0 Å². The molecule has 0 saturated carbocycles. The molecule has 0 aliphatic heterocycles. The second-order valence-electron chi connectivity index (χ2n) is 4.56. The fraction of sp³-hybridized carbons (Fsp3) is 0.571. The molecule has 0 spiro atoms. The van der Waals surface area contributed by atoms with Crippen LogP contribution in [0.3, 0.4) is 0 Å². The van der Waals surface area contributed by atoms with Crippen molar-refractivity contribution in [1.82, 2.24) is 5.32 Å². The molecule has 1 aromatic rings. The van der Waals surface area contributed by atoms with E-state index in [0.29, 0.717) is 12.1 Å². The molecular weight excluding hydrogens is 182 g/mol. The Labute approximate surface area is 93.9 Å². The van der Waals surface area contributed by atoms with Crippen LogP contribution in [0.15, 0.2) is 18.2 Å². The van der Waals surface area contributed by atoms with Crippen LogP contribution < -0.4 is 5.32 Å². The Morgan fingerprint density at radius 3 is 2.40 bits per heavy atom. The van der Waals surface area contributed by atoms with Crippen molar-refractivity contribution in [2.45, 2.75) is 53.1 Å². The predicted molar refractivity (Wildman–Crippen MR) is 67.2 cm³/mol. The molecule has 1 nitrogen and oxygen atoms in total. The van der Waals surface area contributed by atoms with Gasteiger partial charge in [-0.15, -0.1) is 0 Å². The Morgan fingerprint density at radius 1 is 1.20 bits per heavy atom. The molecule has 0 saturated heterocycles. The van der Waals surface area contributed by atoms with Crippen LogP contribution in [0.5, 0.6) is 0 Å². The van der Waals surface area contributed by atoms with Crippen molar-refractivity contribution in [2.75, 3.05) is 0 Å². The van der Waals surface area contributed by atoms with Crippen LogP contribution in [0.4, 0.5) is 0 Å². The number of benzene rings is 1. The predicted octanol–water partition coefficient (Wildman–Crippen LogP) is 3.75. The van der Waals surface area contributed by atoms with Crippen molar-refractivity contribution in [3.8, 4) is 0 Å². The lowest BCUT2D eigenvalue weighted by atomic mass is 9.99. The molecule has 84 valence electrons. The Kier molecular flexibility index (Phi) is 4.34. The molecule has 15 heavy (non-hydrogen) atoms. The first-order chi connectivity index (χ1) is 7.04. The number of nitrogens with one attached hydrogen (secondary N) is 1. The first-order valence-electron chi connectivity index (χ1n) is 5.87. The van der Waals surface area contributed by atoms with Crippen molar-refractivity contribution in [1.29, 1.82) is 0 Å². The summed E-state index contributed by atoms with van der Waals surface area (Å²) in [4.78, 5) is 0. The quantitative estimate of drug-likeness (QED) is 0.789. The zero-order valence-electron chi connectivity index (χ0n) is 10.6. The maximum absolute atomic E-state index is 3.61. The summed E-state index contributed by atoms with van der Waals surface area (Å²) in [5.74, 6) is 0. The van der Waals surface area contributed by atoms with Gasteiger partial charge in [-0.05, 0) is 45.2 Å². The summed E-state index contributed by atoms with van der Waals surface area (Å²) in [6.07, 6.45) is 1.18. The van der Waals surface area contributed by atoms with Crippen LogP contribution >= 0.6 is 0 Å². The zero-order valence-corrected chi connectivity index (χ0v) is 10.6. The highest BCUT2D eigenvalue weighted by atomic mass is 14.9. The van der Waals surface area contributed by atoms with E-state index < -0.39 is 0 Å². The molecule has 0 heterocycles. The average Bonchev–Trinajstić information content (AvgIpc) is 2.17. The van der Waals surface area contributed by atoms with Gasteiger partial charge in [0.15, 0.2) is 0 Å². The lowest BCUT2D eigenvalue weighted by molar-refractivity contribution is 0.468. The van der Waals surface area contributed by atoms with E-state index in [-0.39, 0.29) is 0 Å². The average molecular weight is 205 g/mol. The van der Waals surface area contributed by atoms with E-state index in [9.17, 15) is 0 Å². The van der Waals surface area contributed by atoms with Gasteiger partial charge in [-0.25, -0.2) is 0 Å². The smallest absolute Gasteiger partial charge is 0.0296 e. The summed E-state index contributed by atoms with van der Waals surface area (Å²) in [5.41, 5.74) is 4.14. The van der Waals surface area contributed by atoms with E-state index in [1.165, 1.54) is 23.1 Å². The van der Waals surface area contributed by atoms with E-state index in [4.69, 9.17) is 0 Å². The van der Waals surface area contributed by atoms with Gasteiger partial charge in [-0.3, -0.25) is 0 Å². The van der Waals surface area contributed by atoms with Gasteiger partial charge in [0, 0.05) is 12.1 Å². The van der Waals surface area contributed by atoms with Gasteiger partial charge in [-0.1, -0.05) is 30.7 Å². The summed E-state index contributed by atoms with van der Waals surface area (Å²) in [5, 5.41) is 3.61. The van der Waals surface area contributed by atoms with Crippen LogP contribution in [0.25, 0.3) is 0 Å². The van der Waals surface area contributed by atoms with Gasteiger partial charge >= 0.3 is 0 Å². The highest BCUT2D eigenvalue weighted by molar-refractivity contribution is 5.32. The second-order valence-corrected chi connectivity index (χ2v) is 4.56. The Hall–Kier alpha value is -0.820. The molecule has 1 aromatic carbocycles. The third-order valence-corrected chi connectivity index (χ3v) is 3.04. The number of hydrogen-bond donors (Lipinski definition) is 1. The minimum absolute atomic E-state index is 0.445. The van der Waals surface area contributed by atoms with Gasteiger partial charge in [0.2, 0.25) is 0 Å². The Bertz CT molecular complexity index is 317. The summed E-state index contributed by atoms with van der Waals surface area (Å²) in [6.45, 7) is 11.0. The summed E-state index contributed by atoms with van der Waals surface area (Å²) < 4.78 is 0. The second kappa shape index (κ2) is 5.32. The van der Waals surface area contributed by atoms with Crippen molar-refractivity contribution >= 4 is 0 Å². The molecule has 0 aliphatic rings. The SMILES string of the molecule is CC[C@@H](C)N[C@@H](C)c1ccc(C)cc1C. The Morgan fingerprint density at radius 2 is 1.87 bits per heavy atom. The number of aryl methyl sites for hydroxylation is 2. The fourth-order valence-electron chi connectivity index (χ4n) is 1.95.